The van der Waals surface area contributed by atoms with E-state index in [2.05, 4.69) is 5.32 Å². The molecule has 0 saturated carbocycles. The molecular weight excluding hydrogens is 340 g/mol. The summed E-state index contributed by atoms with van der Waals surface area (Å²) in [6.07, 6.45) is 0.649. The number of benzene rings is 2. The van der Waals surface area contributed by atoms with Crippen LogP contribution in [0.5, 0.6) is 11.5 Å². The molecule has 0 fully saturated rings. The number of amides is 1. The topological polar surface area (TPSA) is 73.6 Å². The van der Waals surface area contributed by atoms with Crippen molar-refractivity contribution in [3.63, 3.8) is 0 Å². The molecule has 1 unspecified atom stereocenters. The van der Waals surface area contributed by atoms with Gasteiger partial charge in [0, 0.05) is 22.7 Å². The number of halogens is 1. The monoisotopic (exact) mass is 360 g/mol. The Bertz CT molecular complexity index is 775. The third-order valence-electron chi connectivity index (χ3n) is 4.01. The van der Waals surface area contributed by atoms with Crippen molar-refractivity contribution in [3.05, 3.63) is 53.1 Å². The van der Waals surface area contributed by atoms with E-state index in [4.69, 9.17) is 26.8 Å². The van der Waals surface area contributed by atoms with Crippen LogP contribution in [0.25, 0.3) is 0 Å². The van der Waals surface area contributed by atoms with Crippen molar-refractivity contribution in [1.29, 1.82) is 0 Å². The smallest absolute Gasteiger partial charge is 0.258 e. The van der Waals surface area contributed by atoms with Crippen molar-refractivity contribution in [1.82, 2.24) is 5.32 Å². The molecule has 1 atom stereocenters. The number of carbonyl (C=O) groups excluding carboxylic acids is 1. The Morgan fingerprint density at radius 1 is 1.32 bits per heavy atom. The van der Waals surface area contributed by atoms with Crippen molar-refractivity contribution < 1.29 is 14.3 Å². The lowest BCUT2D eigenvalue weighted by molar-refractivity contribution is -0.124. The van der Waals surface area contributed by atoms with Gasteiger partial charge >= 0.3 is 0 Å². The number of nitrogens with two attached hydrogens (primary N) is 1. The number of rotatable bonds is 4. The van der Waals surface area contributed by atoms with Gasteiger partial charge in [0.15, 0.2) is 6.61 Å². The molecule has 0 aliphatic carbocycles. The van der Waals surface area contributed by atoms with Crippen molar-refractivity contribution in [2.24, 2.45) is 0 Å². The van der Waals surface area contributed by atoms with Crippen LogP contribution in [0.2, 0.25) is 5.02 Å². The van der Waals surface area contributed by atoms with Gasteiger partial charge in [0.1, 0.15) is 17.1 Å². The highest BCUT2D eigenvalue weighted by atomic mass is 35.5. The van der Waals surface area contributed by atoms with Gasteiger partial charge in [-0.25, -0.2) is 0 Å². The first-order chi connectivity index (χ1) is 11.8. The summed E-state index contributed by atoms with van der Waals surface area (Å²) in [5.41, 5.74) is 7.03. The summed E-state index contributed by atoms with van der Waals surface area (Å²) in [5.74, 6) is 1.14. The van der Waals surface area contributed by atoms with E-state index in [0.29, 0.717) is 22.9 Å². The van der Waals surface area contributed by atoms with Gasteiger partial charge in [-0.05, 0) is 56.3 Å². The number of hydrogen-bond acceptors (Lipinski definition) is 4. The molecule has 1 heterocycles. The predicted molar refractivity (Wildman–Crippen MR) is 98.0 cm³/mol. The van der Waals surface area contributed by atoms with E-state index in [1.807, 2.05) is 26.0 Å². The summed E-state index contributed by atoms with van der Waals surface area (Å²) in [6, 6.07) is 12.2. The van der Waals surface area contributed by atoms with Gasteiger partial charge < -0.3 is 20.5 Å². The van der Waals surface area contributed by atoms with Gasteiger partial charge in [0.25, 0.3) is 5.91 Å². The molecule has 1 amide bonds. The summed E-state index contributed by atoms with van der Waals surface area (Å²) in [4.78, 5) is 12.3. The van der Waals surface area contributed by atoms with Gasteiger partial charge in [-0.3, -0.25) is 4.79 Å². The Morgan fingerprint density at radius 2 is 2.04 bits per heavy atom. The molecule has 1 aliphatic heterocycles. The van der Waals surface area contributed by atoms with E-state index in [0.717, 1.165) is 11.3 Å². The lowest BCUT2D eigenvalue weighted by Crippen LogP contribution is -2.42. The zero-order valence-electron chi connectivity index (χ0n) is 14.2. The second-order valence-electron chi connectivity index (χ2n) is 6.73. The third kappa shape index (κ3) is 4.37. The highest BCUT2D eigenvalue weighted by Gasteiger charge is 2.34. The molecule has 0 spiro atoms. The fraction of sp³-hybridized carbons (Fsp3) is 0.316. The number of nitrogens with one attached hydrogen (secondary N) is 1. The number of fused-ring (bicyclic) bond motifs is 1. The molecule has 6 heteroatoms. The van der Waals surface area contributed by atoms with Crippen molar-refractivity contribution >= 4 is 23.2 Å². The molecule has 5 nitrogen and oxygen atoms in total. The molecule has 0 radical (unpaired) electrons. The van der Waals surface area contributed by atoms with Gasteiger partial charge in [-0.1, -0.05) is 11.6 Å². The van der Waals surface area contributed by atoms with Crippen LogP contribution in [-0.2, 0) is 4.79 Å². The summed E-state index contributed by atoms with van der Waals surface area (Å²) in [5, 5.41) is 3.63. The highest BCUT2D eigenvalue weighted by Crippen LogP contribution is 2.40. The number of nitrogen functional groups attached to an aromatic ring is 1. The maximum absolute atomic E-state index is 12.3. The molecule has 3 N–H and O–H groups in total. The molecule has 25 heavy (non-hydrogen) atoms. The fourth-order valence-electron chi connectivity index (χ4n) is 2.92. The van der Waals surface area contributed by atoms with Crippen LogP contribution in [-0.4, -0.2) is 18.1 Å². The SMILES string of the molecule is CC1(C)CC(NC(=O)COc2ccc(Cl)cc2)c2cc(N)ccc2O1. The lowest BCUT2D eigenvalue weighted by Gasteiger charge is -2.38. The van der Waals surface area contributed by atoms with Crippen molar-refractivity contribution in [2.45, 2.75) is 31.9 Å². The van der Waals surface area contributed by atoms with Crippen molar-refractivity contribution in [3.8, 4) is 11.5 Å². The summed E-state index contributed by atoms with van der Waals surface area (Å²) in [7, 11) is 0. The zero-order chi connectivity index (χ0) is 18.0. The first-order valence-electron chi connectivity index (χ1n) is 8.08. The first kappa shape index (κ1) is 17.4. The second-order valence-corrected chi connectivity index (χ2v) is 7.16. The van der Waals surface area contributed by atoms with Crippen LogP contribution < -0.4 is 20.5 Å². The predicted octanol–water partition coefficient (Wildman–Crippen LogP) is 3.72. The summed E-state index contributed by atoms with van der Waals surface area (Å²) >= 11 is 5.83. The number of anilines is 1. The average Bonchev–Trinajstić information content (AvgIpc) is 2.54. The van der Waals surface area contributed by atoms with Gasteiger partial charge in [-0.15, -0.1) is 0 Å². The fourth-order valence-corrected chi connectivity index (χ4v) is 3.04. The highest BCUT2D eigenvalue weighted by molar-refractivity contribution is 6.30. The standard InChI is InChI=1S/C19H21ClN2O3/c1-19(2)10-16(15-9-13(21)5-8-17(15)25-19)22-18(23)11-24-14-6-3-12(20)4-7-14/h3-9,16H,10-11,21H2,1-2H3,(H,22,23). The lowest BCUT2D eigenvalue weighted by atomic mass is 9.89. The quantitative estimate of drug-likeness (QED) is 0.815. The number of hydrogen-bond donors (Lipinski definition) is 2. The Hall–Kier alpha value is -2.40. The van der Waals surface area contributed by atoms with E-state index in [-0.39, 0.29) is 24.2 Å². The maximum Gasteiger partial charge on any atom is 0.258 e. The minimum Gasteiger partial charge on any atom is -0.487 e. The van der Waals surface area contributed by atoms with Crippen LogP contribution in [0.4, 0.5) is 5.69 Å². The molecule has 2 aromatic carbocycles. The van der Waals surface area contributed by atoms with E-state index >= 15 is 0 Å². The molecule has 1 aliphatic rings. The molecule has 0 aromatic heterocycles. The Balaban J connectivity index is 1.68. The zero-order valence-corrected chi connectivity index (χ0v) is 15.0. The third-order valence-corrected chi connectivity index (χ3v) is 4.26. The molecule has 2 aromatic rings. The Kier molecular flexibility index (Phi) is 4.77. The largest absolute Gasteiger partial charge is 0.487 e. The number of ether oxygens (including phenoxy) is 2. The normalized spacial score (nSPS) is 18.0. The van der Waals surface area contributed by atoms with E-state index in [1.54, 1.807) is 30.3 Å². The van der Waals surface area contributed by atoms with Gasteiger partial charge in [0.05, 0.1) is 6.04 Å². The minimum atomic E-state index is -0.377. The van der Waals surface area contributed by atoms with Gasteiger partial charge in [0.2, 0.25) is 0 Å². The Morgan fingerprint density at radius 3 is 2.76 bits per heavy atom. The molecule has 0 bridgehead atoms. The van der Waals surface area contributed by atoms with Crippen molar-refractivity contribution in [2.75, 3.05) is 12.3 Å². The maximum atomic E-state index is 12.3. The van der Waals surface area contributed by atoms with Crippen LogP contribution >= 0.6 is 11.6 Å². The van der Waals surface area contributed by atoms with Crippen LogP contribution in [0.1, 0.15) is 31.9 Å². The minimum absolute atomic E-state index is 0.0724. The summed E-state index contributed by atoms with van der Waals surface area (Å²) < 4.78 is 11.5. The van der Waals surface area contributed by atoms with Gasteiger partial charge in [-0.2, -0.15) is 0 Å². The molecule has 3 rings (SSSR count). The first-order valence-corrected chi connectivity index (χ1v) is 8.46. The summed E-state index contributed by atoms with van der Waals surface area (Å²) in [6.45, 7) is 3.92. The second kappa shape index (κ2) is 6.84. The number of carbonyl (C=O) groups is 1. The van der Waals surface area contributed by atoms with E-state index in [1.165, 1.54) is 0 Å². The molecular formula is C19H21ClN2O3. The van der Waals surface area contributed by atoms with Crippen LogP contribution in [0.3, 0.4) is 0 Å². The molecule has 0 saturated heterocycles. The van der Waals surface area contributed by atoms with Crippen LogP contribution in [0, 0.1) is 0 Å². The average molecular weight is 361 g/mol. The Labute approximate surface area is 152 Å². The molecule has 132 valence electrons. The van der Waals surface area contributed by atoms with E-state index < -0.39 is 0 Å². The van der Waals surface area contributed by atoms with E-state index in [9.17, 15) is 4.79 Å². The van der Waals surface area contributed by atoms with Crippen LogP contribution in [0.15, 0.2) is 42.5 Å².